The van der Waals surface area contributed by atoms with Gasteiger partial charge >= 0.3 is 0 Å². The normalized spacial score (nSPS) is 15.0. The van der Waals surface area contributed by atoms with Crippen LogP contribution in [0.15, 0.2) is 30.3 Å². The highest BCUT2D eigenvalue weighted by atomic mass is 35.5. The van der Waals surface area contributed by atoms with Gasteiger partial charge in [-0.05, 0) is 61.8 Å². The Morgan fingerprint density at radius 2 is 1.97 bits per heavy atom. The molecule has 2 atom stereocenters. The smallest absolute Gasteiger partial charge is 0.254 e. The first-order valence-electron chi connectivity index (χ1n) is 11.3. The Bertz CT molecular complexity index is 922. The molecule has 1 aromatic carbocycles. The van der Waals surface area contributed by atoms with E-state index in [1.165, 1.54) is 5.56 Å². The van der Waals surface area contributed by atoms with E-state index in [1.807, 2.05) is 0 Å². The lowest BCUT2D eigenvalue weighted by Crippen LogP contribution is -2.44. The summed E-state index contributed by atoms with van der Waals surface area (Å²) in [5, 5.41) is 25.6. The molecular formula is C24H31Cl2N3O4. The van der Waals surface area contributed by atoms with Crippen molar-refractivity contribution in [2.45, 2.75) is 51.4 Å². The largest absolute Gasteiger partial charge is 0.381 e. The maximum atomic E-state index is 12.5. The summed E-state index contributed by atoms with van der Waals surface area (Å²) in [4.78, 5) is 17.2. The molecule has 0 fully saturated rings. The van der Waals surface area contributed by atoms with Crippen molar-refractivity contribution in [1.82, 2.24) is 10.3 Å². The number of anilines is 1. The second-order valence-electron chi connectivity index (χ2n) is 8.44. The Labute approximate surface area is 204 Å². The van der Waals surface area contributed by atoms with E-state index in [2.05, 4.69) is 29.7 Å². The van der Waals surface area contributed by atoms with Crippen LogP contribution in [0.5, 0.6) is 0 Å². The first kappa shape index (κ1) is 25.7. The number of nitrogens with zero attached hydrogens (tertiary/aromatic N) is 1. The number of aliphatic hydroxyl groups excluding tert-OH is 1. The van der Waals surface area contributed by atoms with Crippen molar-refractivity contribution in [1.29, 1.82) is 0 Å². The van der Waals surface area contributed by atoms with Crippen LogP contribution < -0.4 is 10.6 Å². The number of hydrogen-bond acceptors (Lipinski definition) is 6. The minimum atomic E-state index is -1.74. The van der Waals surface area contributed by atoms with Crippen LogP contribution in [-0.2, 0) is 17.6 Å². The molecule has 3 rings (SSSR count). The van der Waals surface area contributed by atoms with Crippen LogP contribution in [0.4, 0.5) is 5.82 Å². The molecular weight excluding hydrogens is 465 g/mol. The van der Waals surface area contributed by atoms with E-state index in [4.69, 9.17) is 32.9 Å². The fourth-order valence-electron chi connectivity index (χ4n) is 3.73. The summed E-state index contributed by atoms with van der Waals surface area (Å²) in [6, 6.07) is 8.08. The molecule has 4 N–H and O–H groups in total. The van der Waals surface area contributed by atoms with Crippen LogP contribution in [-0.4, -0.2) is 53.2 Å². The highest BCUT2D eigenvalue weighted by Gasteiger charge is 2.23. The van der Waals surface area contributed by atoms with E-state index in [0.29, 0.717) is 12.5 Å². The third-order valence-electron chi connectivity index (χ3n) is 5.69. The molecule has 0 bridgehead atoms. The number of pyridine rings is 1. The number of aromatic nitrogens is 1. The fourth-order valence-corrected chi connectivity index (χ4v) is 4.30. The van der Waals surface area contributed by atoms with Gasteiger partial charge in [0.25, 0.3) is 5.91 Å². The molecule has 2 aromatic rings. The lowest BCUT2D eigenvalue weighted by atomic mass is 10.0. The van der Waals surface area contributed by atoms with E-state index in [1.54, 1.807) is 18.2 Å². The van der Waals surface area contributed by atoms with E-state index in [-0.39, 0.29) is 28.6 Å². The first-order valence-corrected chi connectivity index (χ1v) is 12.0. The van der Waals surface area contributed by atoms with Crippen LogP contribution in [0.2, 0.25) is 10.0 Å². The number of aliphatic hydroxyl groups is 2. The van der Waals surface area contributed by atoms with Crippen molar-refractivity contribution in [3.8, 4) is 0 Å². The van der Waals surface area contributed by atoms with Crippen molar-refractivity contribution in [2.75, 3.05) is 25.1 Å². The number of fused-ring (bicyclic) bond motifs is 1. The zero-order chi connectivity index (χ0) is 23.8. The summed E-state index contributed by atoms with van der Waals surface area (Å²) in [5.41, 5.74) is 2.46. The summed E-state index contributed by atoms with van der Waals surface area (Å²) in [6.07, 6.45) is 2.52. The minimum Gasteiger partial charge on any atom is -0.381 e. The molecule has 33 heavy (non-hydrogen) atoms. The molecule has 0 spiro atoms. The number of carbonyl (C=O) groups excluding carboxylic acids is 1. The number of ether oxygens (including phenoxy) is 1. The molecule has 180 valence electrons. The highest BCUT2D eigenvalue weighted by Crippen LogP contribution is 2.24. The molecule has 0 saturated heterocycles. The molecule has 0 aliphatic carbocycles. The molecule has 0 radical (unpaired) electrons. The number of hydrogen-bond donors (Lipinski definition) is 4. The van der Waals surface area contributed by atoms with Crippen molar-refractivity contribution in [2.24, 2.45) is 5.92 Å². The molecule has 1 aromatic heterocycles. The lowest BCUT2D eigenvalue weighted by molar-refractivity contribution is -0.0717. The Kier molecular flexibility index (Phi) is 9.77. The van der Waals surface area contributed by atoms with Crippen molar-refractivity contribution in [3.05, 3.63) is 57.2 Å². The number of carbonyl (C=O) groups is 1. The standard InChI is InChI=1S/C24H31Cl2N3O4/c1-15(7-9-17-10-8-16-4-3-12-27-22(16)28-17)14-33-13-11-20(24(31)32)29-23(30)21-18(25)5-2-6-19(21)26/h2,5-6,8,10,15,20,24,31-32H,3-4,7,9,11-14H2,1H3,(H,27,28)(H,29,30)/t15-,20+/m0/s1. The van der Waals surface area contributed by atoms with Crippen LogP contribution in [0.1, 0.15) is 47.8 Å². The summed E-state index contributed by atoms with van der Waals surface area (Å²) in [5.74, 6) is 0.755. The molecule has 7 nitrogen and oxygen atoms in total. The van der Waals surface area contributed by atoms with Crippen LogP contribution in [0.3, 0.4) is 0 Å². The van der Waals surface area contributed by atoms with Gasteiger partial charge in [-0.3, -0.25) is 4.79 Å². The fraction of sp³-hybridized carbons (Fsp3) is 0.500. The summed E-state index contributed by atoms with van der Waals surface area (Å²) < 4.78 is 5.73. The topological polar surface area (TPSA) is 104 Å². The van der Waals surface area contributed by atoms with Gasteiger partial charge in [-0.25, -0.2) is 4.98 Å². The van der Waals surface area contributed by atoms with Gasteiger partial charge in [-0.2, -0.15) is 0 Å². The number of benzene rings is 1. The van der Waals surface area contributed by atoms with E-state index in [0.717, 1.165) is 43.7 Å². The third kappa shape index (κ3) is 7.55. The Morgan fingerprint density at radius 1 is 1.21 bits per heavy atom. The minimum absolute atomic E-state index is 0.104. The number of rotatable bonds is 11. The maximum Gasteiger partial charge on any atom is 0.254 e. The summed E-state index contributed by atoms with van der Waals surface area (Å²) in [7, 11) is 0. The van der Waals surface area contributed by atoms with Gasteiger partial charge in [-0.1, -0.05) is 42.3 Å². The van der Waals surface area contributed by atoms with Crippen molar-refractivity contribution < 1.29 is 19.7 Å². The molecule has 0 saturated carbocycles. The molecule has 2 heterocycles. The van der Waals surface area contributed by atoms with Crippen LogP contribution in [0, 0.1) is 5.92 Å². The quantitative estimate of drug-likeness (QED) is 0.279. The second-order valence-corrected chi connectivity index (χ2v) is 9.25. The average molecular weight is 496 g/mol. The highest BCUT2D eigenvalue weighted by molar-refractivity contribution is 6.39. The Morgan fingerprint density at radius 3 is 2.70 bits per heavy atom. The molecule has 9 heteroatoms. The van der Waals surface area contributed by atoms with Gasteiger partial charge < -0.3 is 25.6 Å². The molecule has 1 aliphatic heterocycles. The van der Waals surface area contributed by atoms with Gasteiger partial charge in [0.1, 0.15) is 5.82 Å². The summed E-state index contributed by atoms with van der Waals surface area (Å²) >= 11 is 12.1. The Hall–Kier alpha value is -1.90. The molecule has 0 unspecified atom stereocenters. The van der Waals surface area contributed by atoms with Gasteiger partial charge in [0, 0.05) is 25.5 Å². The monoisotopic (exact) mass is 495 g/mol. The van der Waals surface area contributed by atoms with E-state index in [9.17, 15) is 15.0 Å². The van der Waals surface area contributed by atoms with Crippen molar-refractivity contribution >= 4 is 34.9 Å². The van der Waals surface area contributed by atoms with Crippen molar-refractivity contribution in [3.63, 3.8) is 0 Å². The second kappa shape index (κ2) is 12.5. The zero-order valence-corrected chi connectivity index (χ0v) is 20.2. The number of nitrogens with one attached hydrogen (secondary N) is 2. The zero-order valence-electron chi connectivity index (χ0n) is 18.7. The molecule has 1 aliphatic rings. The van der Waals surface area contributed by atoms with E-state index < -0.39 is 18.2 Å². The number of amides is 1. The summed E-state index contributed by atoms with van der Waals surface area (Å²) in [6.45, 7) is 3.88. The van der Waals surface area contributed by atoms with Gasteiger partial charge in [0.15, 0.2) is 6.29 Å². The first-order chi connectivity index (χ1) is 15.8. The van der Waals surface area contributed by atoms with Crippen LogP contribution in [0.25, 0.3) is 0 Å². The van der Waals surface area contributed by atoms with Gasteiger partial charge in [-0.15, -0.1) is 0 Å². The number of halogens is 2. The van der Waals surface area contributed by atoms with Crippen LogP contribution >= 0.6 is 23.2 Å². The average Bonchev–Trinajstić information content (AvgIpc) is 2.79. The molecule has 1 amide bonds. The lowest BCUT2D eigenvalue weighted by Gasteiger charge is -2.21. The predicted molar refractivity (Wildman–Crippen MR) is 130 cm³/mol. The predicted octanol–water partition coefficient (Wildman–Crippen LogP) is 3.83. The Balaban J connectivity index is 1.40. The number of aryl methyl sites for hydroxylation is 2. The maximum absolute atomic E-state index is 12.5. The SMILES string of the molecule is C[C@@H](CCc1ccc2c(n1)NCCC2)COCC[C@@H](NC(=O)c1c(Cl)cccc1Cl)C(O)O. The van der Waals surface area contributed by atoms with Gasteiger partial charge in [0.2, 0.25) is 0 Å². The van der Waals surface area contributed by atoms with Gasteiger partial charge in [0.05, 0.1) is 21.7 Å². The third-order valence-corrected chi connectivity index (χ3v) is 6.32. The van der Waals surface area contributed by atoms with E-state index >= 15 is 0 Å².